The molecule has 0 spiro atoms. The van der Waals surface area contributed by atoms with Crippen molar-refractivity contribution in [2.45, 2.75) is 18.7 Å². The first-order valence-corrected chi connectivity index (χ1v) is 11.2. The molecular weight excluding hydrogens is 447 g/mol. The minimum atomic E-state index is -3.78. The fourth-order valence-corrected chi connectivity index (χ4v) is 4.45. The highest BCUT2D eigenvalue weighted by Gasteiger charge is 2.24. The molecular formula is C21H20ClFN2O5S. The number of halogens is 2. The number of carbonyl (C=O) groups is 1. The van der Waals surface area contributed by atoms with Crippen LogP contribution < -0.4 is 10.1 Å². The molecule has 2 aromatic carbocycles. The minimum absolute atomic E-state index is 0.0181. The Bertz CT molecular complexity index is 1170. The molecule has 0 aliphatic rings. The third-order valence-electron chi connectivity index (χ3n) is 4.38. The molecule has 0 bridgehead atoms. The summed E-state index contributed by atoms with van der Waals surface area (Å²) in [6.07, 6.45) is 0. The van der Waals surface area contributed by atoms with E-state index in [1.165, 1.54) is 58.9 Å². The molecule has 0 aliphatic heterocycles. The zero-order valence-electron chi connectivity index (χ0n) is 16.8. The number of anilines is 1. The van der Waals surface area contributed by atoms with Crippen LogP contribution in [0.25, 0.3) is 0 Å². The summed E-state index contributed by atoms with van der Waals surface area (Å²) in [7, 11) is -3.78. The van der Waals surface area contributed by atoms with E-state index < -0.39 is 21.7 Å². The number of nitrogens with one attached hydrogen (secondary N) is 1. The van der Waals surface area contributed by atoms with Crippen LogP contribution in [0.2, 0.25) is 5.22 Å². The van der Waals surface area contributed by atoms with Gasteiger partial charge in [-0.05, 0) is 66.2 Å². The summed E-state index contributed by atoms with van der Waals surface area (Å²) in [6.45, 7) is 4.05. The van der Waals surface area contributed by atoms with Gasteiger partial charge < -0.3 is 14.5 Å². The van der Waals surface area contributed by atoms with E-state index in [0.29, 0.717) is 18.8 Å². The maximum atomic E-state index is 13.2. The first-order valence-electron chi connectivity index (χ1n) is 9.39. The van der Waals surface area contributed by atoms with Crippen LogP contribution in [0.4, 0.5) is 10.1 Å². The van der Waals surface area contributed by atoms with Gasteiger partial charge in [0, 0.05) is 13.1 Å². The Morgan fingerprint density at radius 3 is 2.35 bits per heavy atom. The Morgan fingerprint density at radius 1 is 1.10 bits per heavy atom. The SMILES string of the molecule is CCN(CC)S(=O)(=O)c1ccc(Oc2ccc(F)cc2)c(NC(=O)c2ccc(Cl)o2)c1. The normalized spacial score (nSPS) is 11.5. The number of carbonyl (C=O) groups excluding carboxylic acids is 1. The van der Waals surface area contributed by atoms with Crippen LogP contribution in [0, 0.1) is 5.82 Å². The second kappa shape index (κ2) is 9.51. The number of sulfonamides is 1. The van der Waals surface area contributed by atoms with Crippen LogP contribution in [-0.4, -0.2) is 31.7 Å². The highest BCUT2D eigenvalue weighted by Crippen LogP contribution is 2.33. The number of hydrogen-bond donors (Lipinski definition) is 1. The van der Waals surface area contributed by atoms with Crippen LogP contribution in [0.1, 0.15) is 24.4 Å². The van der Waals surface area contributed by atoms with E-state index in [0.717, 1.165) is 0 Å². The van der Waals surface area contributed by atoms with Gasteiger partial charge in [0.25, 0.3) is 5.91 Å². The third kappa shape index (κ3) is 5.25. The molecule has 1 amide bonds. The topological polar surface area (TPSA) is 88.9 Å². The van der Waals surface area contributed by atoms with E-state index in [1.54, 1.807) is 13.8 Å². The monoisotopic (exact) mass is 466 g/mol. The van der Waals surface area contributed by atoms with Crippen molar-refractivity contribution in [1.82, 2.24) is 4.31 Å². The molecule has 31 heavy (non-hydrogen) atoms. The zero-order valence-corrected chi connectivity index (χ0v) is 18.3. The molecule has 0 atom stereocenters. The third-order valence-corrected chi connectivity index (χ3v) is 6.63. The Morgan fingerprint density at radius 2 is 1.77 bits per heavy atom. The van der Waals surface area contributed by atoms with Crippen LogP contribution in [0.5, 0.6) is 11.5 Å². The second-order valence-electron chi connectivity index (χ2n) is 6.36. The van der Waals surface area contributed by atoms with E-state index in [-0.39, 0.29) is 27.3 Å². The summed E-state index contributed by atoms with van der Waals surface area (Å²) in [5.41, 5.74) is 0.0927. The van der Waals surface area contributed by atoms with Gasteiger partial charge in [-0.2, -0.15) is 4.31 Å². The summed E-state index contributed by atoms with van der Waals surface area (Å²) in [6, 6.07) is 12.2. The van der Waals surface area contributed by atoms with E-state index in [2.05, 4.69) is 5.32 Å². The summed E-state index contributed by atoms with van der Waals surface area (Å²) in [5.74, 6) is -0.674. The Kier molecular flexibility index (Phi) is 6.99. The van der Waals surface area contributed by atoms with E-state index in [9.17, 15) is 17.6 Å². The molecule has 0 fully saturated rings. The Hall–Kier alpha value is -2.88. The number of nitrogens with zero attached hydrogens (tertiary/aromatic N) is 1. The molecule has 1 aromatic heterocycles. The summed E-state index contributed by atoms with van der Waals surface area (Å²) >= 11 is 5.72. The number of benzene rings is 2. The van der Waals surface area contributed by atoms with E-state index in [1.807, 2.05) is 0 Å². The van der Waals surface area contributed by atoms with Crippen LogP contribution in [-0.2, 0) is 10.0 Å². The lowest BCUT2D eigenvalue weighted by atomic mass is 10.2. The van der Waals surface area contributed by atoms with Gasteiger partial charge in [0.2, 0.25) is 10.0 Å². The van der Waals surface area contributed by atoms with Gasteiger partial charge in [0.1, 0.15) is 11.6 Å². The molecule has 0 saturated carbocycles. The fraction of sp³-hybridized carbons (Fsp3) is 0.190. The molecule has 0 aliphatic carbocycles. The number of amides is 1. The van der Waals surface area contributed by atoms with Gasteiger partial charge in [-0.3, -0.25) is 4.79 Å². The van der Waals surface area contributed by atoms with E-state index in [4.69, 9.17) is 20.8 Å². The lowest BCUT2D eigenvalue weighted by Gasteiger charge is -2.20. The predicted molar refractivity (Wildman–Crippen MR) is 115 cm³/mol. The van der Waals surface area contributed by atoms with Crippen LogP contribution >= 0.6 is 11.6 Å². The first kappa shape index (κ1) is 22.8. The average molecular weight is 467 g/mol. The summed E-state index contributed by atoms with van der Waals surface area (Å²) in [5, 5.41) is 2.62. The molecule has 164 valence electrons. The van der Waals surface area contributed by atoms with Crippen molar-refractivity contribution in [3.63, 3.8) is 0 Å². The van der Waals surface area contributed by atoms with Crippen molar-refractivity contribution in [3.05, 3.63) is 71.4 Å². The Labute approximate surface area is 184 Å². The van der Waals surface area contributed by atoms with Crippen molar-refractivity contribution in [2.24, 2.45) is 0 Å². The molecule has 7 nitrogen and oxygen atoms in total. The smallest absolute Gasteiger partial charge is 0.291 e. The Balaban J connectivity index is 2.01. The number of rotatable bonds is 8. The quantitative estimate of drug-likeness (QED) is 0.496. The number of furan rings is 1. The fourth-order valence-electron chi connectivity index (χ4n) is 2.82. The van der Waals surface area contributed by atoms with Gasteiger partial charge in [0.05, 0.1) is 10.6 Å². The van der Waals surface area contributed by atoms with Gasteiger partial charge >= 0.3 is 0 Å². The van der Waals surface area contributed by atoms with Crippen molar-refractivity contribution in [1.29, 1.82) is 0 Å². The van der Waals surface area contributed by atoms with E-state index >= 15 is 0 Å². The molecule has 3 aromatic rings. The maximum Gasteiger partial charge on any atom is 0.291 e. The van der Waals surface area contributed by atoms with Crippen LogP contribution in [0.3, 0.4) is 0 Å². The summed E-state index contributed by atoms with van der Waals surface area (Å²) in [4.78, 5) is 12.5. The van der Waals surface area contributed by atoms with Crippen LogP contribution in [0.15, 0.2) is 63.9 Å². The van der Waals surface area contributed by atoms with Gasteiger partial charge in [0.15, 0.2) is 16.7 Å². The number of hydrogen-bond acceptors (Lipinski definition) is 5. The average Bonchev–Trinajstić information content (AvgIpc) is 3.18. The van der Waals surface area contributed by atoms with Crippen molar-refractivity contribution >= 4 is 33.2 Å². The van der Waals surface area contributed by atoms with Gasteiger partial charge in [-0.25, -0.2) is 12.8 Å². The molecule has 3 rings (SSSR count). The van der Waals surface area contributed by atoms with Gasteiger partial charge in [-0.15, -0.1) is 0 Å². The molecule has 1 heterocycles. The molecule has 0 radical (unpaired) electrons. The highest BCUT2D eigenvalue weighted by molar-refractivity contribution is 7.89. The van der Waals surface area contributed by atoms with Crippen molar-refractivity contribution in [2.75, 3.05) is 18.4 Å². The lowest BCUT2D eigenvalue weighted by Crippen LogP contribution is -2.30. The highest BCUT2D eigenvalue weighted by atomic mass is 35.5. The second-order valence-corrected chi connectivity index (χ2v) is 8.67. The largest absolute Gasteiger partial charge is 0.455 e. The zero-order chi connectivity index (χ0) is 22.6. The van der Waals surface area contributed by atoms with Crippen molar-refractivity contribution < 1.29 is 26.8 Å². The number of ether oxygens (including phenoxy) is 1. The van der Waals surface area contributed by atoms with Gasteiger partial charge in [-0.1, -0.05) is 13.8 Å². The standard InChI is InChI=1S/C21H20ClFN2O5S/c1-3-25(4-2)31(27,28)16-9-10-18(29-15-7-5-14(23)6-8-15)17(13-16)24-21(26)19-11-12-20(22)30-19/h5-13H,3-4H2,1-2H3,(H,24,26). The molecule has 0 saturated heterocycles. The molecule has 1 N–H and O–H groups in total. The minimum Gasteiger partial charge on any atom is -0.455 e. The van der Waals surface area contributed by atoms with Crippen molar-refractivity contribution in [3.8, 4) is 11.5 Å². The summed E-state index contributed by atoms with van der Waals surface area (Å²) < 4.78 is 51.1. The molecule has 10 heteroatoms. The predicted octanol–water partition coefficient (Wildman–Crippen LogP) is 5.15. The molecule has 0 unspecified atom stereocenters. The lowest BCUT2D eigenvalue weighted by molar-refractivity contribution is 0.0996. The first-order chi connectivity index (χ1) is 14.7. The maximum absolute atomic E-state index is 13.2.